The molecule has 0 aliphatic heterocycles. The molecule has 0 aliphatic rings. The van der Waals surface area contributed by atoms with Crippen molar-refractivity contribution in [3.05, 3.63) is 12.7 Å². The van der Waals surface area contributed by atoms with Gasteiger partial charge in [-0.1, -0.05) is 13.0 Å². The summed E-state index contributed by atoms with van der Waals surface area (Å²) in [4.78, 5) is 5.25. The second-order valence-corrected chi connectivity index (χ2v) is 6.57. The molecular formula is C9H20O2Si. The maximum absolute atomic E-state index is 5.36. The van der Waals surface area contributed by atoms with Gasteiger partial charge in [-0.25, -0.2) is 4.89 Å². The van der Waals surface area contributed by atoms with Crippen molar-refractivity contribution in [3.63, 3.8) is 0 Å². The molecule has 2 nitrogen and oxygen atoms in total. The van der Waals surface area contributed by atoms with E-state index in [1.165, 1.54) is 0 Å². The van der Waals surface area contributed by atoms with Gasteiger partial charge in [0.1, 0.15) is 0 Å². The van der Waals surface area contributed by atoms with Gasteiger partial charge in [0.05, 0.1) is 5.60 Å². The Morgan fingerprint density at radius 1 is 1.42 bits per heavy atom. The number of rotatable bonds is 5. The molecule has 0 aromatic rings. The van der Waals surface area contributed by atoms with E-state index in [1.54, 1.807) is 0 Å². The molecule has 0 aliphatic carbocycles. The molecule has 1 atom stereocenters. The van der Waals surface area contributed by atoms with E-state index in [4.69, 9.17) is 9.46 Å². The second kappa shape index (κ2) is 5.51. The Balaban J connectivity index is 3.64. The van der Waals surface area contributed by atoms with Gasteiger partial charge in [-0.2, -0.15) is 0 Å². The molecule has 0 aromatic carbocycles. The standard InChI is InChI=1S/C9H20O2Si/c1-6-8-12(7-2)11-10-9(3,4)5/h6,12H,1,7-8H2,2-5H3. The van der Waals surface area contributed by atoms with Gasteiger partial charge in [0.25, 0.3) is 0 Å². The third-order valence-corrected chi connectivity index (χ3v) is 3.46. The third kappa shape index (κ3) is 6.58. The summed E-state index contributed by atoms with van der Waals surface area (Å²) in [7, 11) is -1.15. The van der Waals surface area contributed by atoms with Crippen LogP contribution in [0.4, 0.5) is 0 Å². The fourth-order valence-electron chi connectivity index (χ4n) is 0.672. The Morgan fingerprint density at radius 2 is 2.00 bits per heavy atom. The molecule has 0 spiro atoms. The summed E-state index contributed by atoms with van der Waals surface area (Å²) in [6.07, 6.45) is 1.91. The normalized spacial score (nSPS) is 14.3. The minimum Gasteiger partial charge on any atom is -0.289 e. The monoisotopic (exact) mass is 188 g/mol. The minimum absolute atomic E-state index is 0.193. The van der Waals surface area contributed by atoms with Crippen LogP contribution in [0.15, 0.2) is 12.7 Å². The van der Waals surface area contributed by atoms with E-state index in [-0.39, 0.29) is 5.60 Å². The fraction of sp³-hybridized carbons (Fsp3) is 0.778. The summed E-state index contributed by atoms with van der Waals surface area (Å²) in [5, 5.41) is 0. The summed E-state index contributed by atoms with van der Waals surface area (Å²) < 4.78 is 5.36. The van der Waals surface area contributed by atoms with Gasteiger partial charge in [-0.05, 0) is 32.9 Å². The molecule has 0 bridgehead atoms. The van der Waals surface area contributed by atoms with Crippen molar-refractivity contribution in [2.75, 3.05) is 0 Å². The lowest BCUT2D eigenvalue weighted by molar-refractivity contribution is -0.281. The van der Waals surface area contributed by atoms with Crippen LogP contribution in [-0.4, -0.2) is 14.6 Å². The third-order valence-electron chi connectivity index (χ3n) is 1.32. The Hall–Kier alpha value is -0.123. The molecule has 3 heteroatoms. The zero-order valence-electron chi connectivity index (χ0n) is 8.59. The van der Waals surface area contributed by atoms with E-state index in [0.29, 0.717) is 0 Å². The van der Waals surface area contributed by atoms with Crippen molar-refractivity contribution in [3.8, 4) is 0 Å². The minimum atomic E-state index is -1.15. The van der Waals surface area contributed by atoms with E-state index in [1.807, 2.05) is 26.8 Å². The first-order valence-corrected chi connectivity index (χ1v) is 6.55. The summed E-state index contributed by atoms with van der Waals surface area (Å²) >= 11 is 0. The Kier molecular flexibility index (Phi) is 5.45. The summed E-state index contributed by atoms with van der Waals surface area (Å²) in [6.45, 7) is 11.8. The van der Waals surface area contributed by atoms with Crippen molar-refractivity contribution < 1.29 is 9.46 Å². The largest absolute Gasteiger partial charge is 0.289 e. The van der Waals surface area contributed by atoms with Gasteiger partial charge >= 0.3 is 0 Å². The van der Waals surface area contributed by atoms with Gasteiger partial charge in [-0.3, -0.25) is 4.58 Å². The zero-order valence-corrected chi connectivity index (χ0v) is 9.75. The predicted octanol–water partition coefficient (Wildman–Crippen LogP) is 2.66. The molecular weight excluding hydrogens is 168 g/mol. The lowest BCUT2D eigenvalue weighted by Gasteiger charge is -2.21. The summed E-state index contributed by atoms with van der Waals surface area (Å²) in [5.41, 5.74) is -0.193. The smallest absolute Gasteiger partial charge is 0.227 e. The van der Waals surface area contributed by atoms with Gasteiger partial charge in [0, 0.05) is 0 Å². The van der Waals surface area contributed by atoms with Crippen LogP contribution in [0, 0.1) is 0 Å². The van der Waals surface area contributed by atoms with E-state index in [2.05, 4.69) is 13.5 Å². The predicted molar refractivity (Wildman–Crippen MR) is 54.6 cm³/mol. The topological polar surface area (TPSA) is 18.5 Å². The van der Waals surface area contributed by atoms with Crippen LogP contribution >= 0.6 is 0 Å². The van der Waals surface area contributed by atoms with Gasteiger partial charge < -0.3 is 0 Å². The molecule has 0 saturated carbocycles. The van der Waals surface area contributed by atoms with Crippen molar-refractivity contribution in [2.24, 2.45) is 0 Å². The van der Waals surface area contributed by atoms with Crippen molar-refractivity contribution >= 4 is 9.04 Å². The molecule has 0 amide bonds. The molecule has 72 valence electrons. The number of hydrogen-bond acceptors (Lipinski definition) is 2. The van der Waals surface area contributed by atoms with Crippen LogP contribution in [0.1, 0.15) is 27.7 Å². The molecule has 0 heterocycles. The Bertz CT molecular complexity index is 129. The van der Waals surface area contributed by atoms with Gasteiger partial charge in [-0.15, -0.1) is 6.58 Å². The Morgan fingerprint density at radius 3 is 2.33 bits per heavy atom. The second-order valence-electron chi connectivity index (χ2n) is 3.85. The number of allylic oxidation sites excluding steroid dienone is 1. The highest BCUT2D eigenvalue weighted by molar-refractivity contribution is 6.51. The quantitative estimate of drug-likeness (QED) is 0.286. The van der Waals surface area contributed by atoms with Crippen LogP contribution in [0.5, 0.6) is 0 Å². The molecule has 12 heavy (non-hydrogen) atoms. The molecule has 0 radical (unpaired) electrons. The highest BCUT2D eigenvalue weighted by Crippen LogP contribution is 2.11. The van der Waals surface area contributed by atoms with Crippen LogP contribution in [-0.2, 0) is 9.46 Å². The lowest BCUT2D eigenvalue weighted by Crippen LogP contribution is -2.25. The molecule has 0 fully saturated rings. The molecule has 0 aromatic heterocycles. The maximum atomic E-state index is 5.36. The van der Waals surface area contributed by atoms with Crippen molar-refractivity contribution in [1.82, 2.24) is 0 Å². The highest BCUT2D eigenvalue weighted by Gasteiger charge is 2.15. The average Bonchev–Trinajstić information content (AvgIpc) is 1.96. The molecule has 0 N–H and O–H groups in total. The van der Waals surface area contributed by atoms with Crippen molar-refractivity contribution in [1.29, 1.82) is 0 Å². The van der Waals surface area contributed by atoms with E-state index in [9.17, 15) is 0 Å². The van der Waals surface area contributed by atoms with Gasteiger partial charge in [0.2, 0.25) is 9.04 Å². The van der Waals surface area contributed by atoms with Crippen LogP contribution in [0.3, 0.4) is 0 Å². The fourth-order valence-corrected chi connectivity index (χ4v) is 2.02. The van der Waals surface area contributed by atoms with Crippen LogP contribution in [0.25, 0.3) is 0 Å². The average molecular weight is 188 g/mol. The first-order valence-electron chi connectivity index (χ1n) is 4.45. The van der Waals surface area contributed by atoms with Gasteiger partial charge in [0.15, 0.2) is 0 Å². The van der Waals surface area contributed by atoms with Crippen LogP contribution < -0.4 is 0 Å². The molecule has 1 unspecified atom stereocenters. The maximum Gasteiger partial charge on any atom is 0.227 e. The van der Waals surface area contributed by atoms with Crippen LogP contribution in [0.2, 0.25) is 12.1 Å². The lowest BCUT2D eigenvalue weighted by atomic mass is 10.2. The molecule has 0 saturated heterocycles. The first kappa shape index (κ1) is 11.9. The van der Waals surface area contributed by atoms with E-state index in [0.717, 1.165) is 12.1 Å². The summed E-state index contributed by atoms with van der Waals surface area (Å²) in [6, 6.07) is 2.06. The zero-order chi connectivity index (χ0) is 9.61. The van der Waals surface area contributed by atoms with E-state index >= 15 is 0 Å². The number of hydrogen-bond donors (Lipinski definition) is 0. The SMILES string of the molecule is C=CC[SiH](CC)OOC(C)(C)C. The van der Waals surface area contributed by atoms with E-state index < -0.39 is 9.04 Å². The summed E-state index contributed by atoms with van der Waals surface area (Å²) in [5.74, 6) is 0. The Labute approximate surface area is 77.2 Å². The highest BCUT2D eigenvalue weighted by atomic mass is 28.3. The molecule has 0 rings (SSSR count). The first-order chi connectivity index (χ1) is 5.49. The van der Waals surface area contributed by atoms with Crippen molar-refractivity contribution in [2.45, 2.75) is 45.4 Å².